The zero-order chi connectivity index (χ0) is 35.0. The molecule has 3 N–H and O–H groups in total. The van der Waals surface area contributed by atoms with E-state index < -0.39 is 53.0 Å². The summed E-state index contributed by atoms with van der Waals surface area (Å²) in [5, 5.41) is 7.49. The summed E-state index contributed by atoms with van der Waals surface area (Å²) in [4.78, 5) is 59.3. The highest BCUT2D eigenvalue weighted by molar-refractivity contribution is 5.98. The van der Waals surface area contributed by atoms with Crippen LogP contribution >= 0.6 is 0 Å². The number of carbonyl (C=O) groups is 4. The number of hydrogen-bond donors (Lipinski definition) is 3. The number of nitrogens with one attached hydrogen (secondary N) is 3. The molecule has 1 saturated carbocycles. The number of nitrogens with zero attached hydrogens (tertiary/aromatic N) is 3. The first kappa shape index (κ1) is 36.4. The van der Waals surface area contributed by atoms with E-state index >= 15 is 13.2 Å². The molecule has 0 radical (unpaired) electrons. The second-order valence-corrected chi connectivity index (χ2v) is 12.6. The lowest BCUT2D eigenvalue weighted by molar-refractivity contribution is -0.149. The third-order valence-electron chi connectivity index (χ3n) is 9.31. The predicted octanol–water partition coefficient (Wildman–Crippen LogP) is 4.94. The average molecular weight is 669 g/mol. The Bertz CT molecular complexity index is 1530. The molecule has 1 saturated heterocycles. The van der Waals surface area contributed by atoms with Gasteiger partial charge in [0.15, 0.2) is 5.69 Å². The molecule has 2 aromatic carbocycles. The van der Waals surface area contributed by atoms with E-state index in [4.69, 9.17) is 6.57 Å². The van der Waals surface area contributed by atoms with Gasteiger partial charge in [-0.3, -0.25) is 19.2 Å². The summed E-state index contributed by atoms with van der Waals surface area (Å²) in [6, 6.07) is 6.30. The van der Waals surface area contributed by atoms with Gasteiger partial charge in [0.05, 0.1) is 12.3 Å². The Labute approximate surface area is 279 Å². The van der Waals surface area contributed by atoms with Crippen molar-refractivity contribution in [1.82, 2.24) is 20.4 Å². The lowest BCUT2D eigenvalue weighted by Gasteiger charge is -2.36. The Morgan fingerprint density at radius 1 is 1.00 bits per heavy atom. The van der Waals surface area contributed by atoms with Gasteiger partial charge in [0.1, 0.15) is 17.9 Å². The maximum absolute atomic E-state index is 15.6. The van der Waals surface area contributed by atoms with E-state index in [-0.39, 0.29) is 29.6 Å². The van der Waals surface area contributed by atoms with Crippen molar-refractivity contribution in [2.75, 3.05) is 38.5 Å². The standard InChI is InChI=1S/C35H43F3N6O4/c1-5-29(45)41-30(33(47)44-18-16-43(4)17-19-44)22(2)24-14-15-28(27(36)20-24)40-32(46)31(23-10-7-6-8-11-23)42-34(48)35(37,38)25-12-9-13-26(21-25)39-3/h9,12-15,20-23,30-31H,5-8,10-11,16-19H2,1-2,4H3,(H,40,46)(H,41,45)(H,42,48). The highest BCUT2D eigenvalue weighted by Crippen LogP contribution is 2.33. The maximum Gasteiger partial charge on any atom is 0.348 e. The van der Waals surface area contributed by atoms with Gasteiger partial charge in [-0.2, -0.15) is 8.78 Å². The summed E-state index contributed by atoms with van der Waals surface area (Å²) in [7, 11) is 1.96. The largest absolute Gasteiger partial charge is 0.348 e. The van der Waals surface area contributed by atoms with E-state index in [9.17, 15) is 19.2 Å². The molecule has 13 heteroatoms. The number of anilines is 1. The van der Waals surface area contributed by atoms with Crippen LogP contribution in [0.5, 0.6) is 0 Å². The molecule has 4 rings (SSSR count). The third-order valence-corrected chi connectivity index (χ3v) is 9.31. The monoisotopic (exact) mass is 668 g/mol. The van der Waals surface area contributed by atoms with Crippen LogP contribution in [0.2, 0.25) is 0 Å². The van der Waals surface area contributed by atoms with Crippen LogP contribution < -0.4 is 16.0 Å². The van der Waals surface area contributed by atoms with Crippen molar-refractivity contribution in [3.63, 3.8) is 0 Å². The number of likely N-dealkylation sites (N-methyl/N-ethyl adjacent to an activating group) is 1. The fraction of sp³-hybridized carbons (Fsp3) is 0.514. The minimum Gasteiger partial charge on any atom is -0.344 e. The lowest BCUT2D eigenvalue weighted by atomic mass is 9.83. The molecule has 0 bridgehead atoms. The summed E-state index contributed by atoms with van der Waals surface area (Å²) in [6.07, 6.45) is 3.60. The highest BCUT2D eigenvalue weighted by Gasteiger charge is 2.44. The fourth-order valence-electron chi connectivity index (χ4n) is 6.22. The smallest absolute Gasteiger partial charge is 0.344 e. The van der Waals surface area contributed by atoms with Gasteiger partial charge in [0, 0.05) is 44.1 Å². The van der Waals surface area contributed by atoms with Crippen LogP contribution in [0.4, 0.5) is 24.5 Å². The summed E-state index contributed by atoms with van der Waals surface area (Å²) >= 11 is 0. The molecule has 1 aliphatic carbocycles. The molecule has 2 fully saturated rings. The molecule has 3 atom stereocenters. The molecule has 1 heterocycles. The first-order chi connectivity index (χ1) is 22.8. The van der Waals surface area contributed by atoms with E-state index in [0.717, 1.165) is 31.4 Å². The van der Waals surface area contributed by atoms with Crippen molar-refractivity contribution in [3.8, 4) is 0 Å². The van der Waals surface area contributed by atoms with E-state index in [1.54, 1.807) is 24.8 Å². The molecule has 3 unspecified atom stereocenters. The summed E-state index contributed by atoms with van der Waals surface area (Å²) < 4.78 is 46.1. The van der Waals surface area contributed by atoms with Gasteiger partial charge in [-0.25, -0.2) is 9.24 Å². The van der Waals surface area contributed by atoms with Gasteiger partial charge >= 0.3 is 5.92 Å². The Hall–Kier alpha value is -4.44. The van der Waals surface area contributed by atoms with E-state index in [1.165, 1.54) is 24.3 Å². The van der Waals surface area contributed by atoms with Crippen LogP contribution in [0, 0.1) is 18.3 Å². The molecule has 2 aliphatic rings. The Balaban J connectivity index is 1.53. The van der Waals surface area contributed by atoms with Crippen LogP contribution in [-0.4, -0.2) is 78.7 Å². The SMILES string of the molecule is [C-]#[N+]c1cccc(C(F)(F)C(=O)NC(C(=O)Nc2ccc(C(C)C(NC(=O)CC)C(=O)N3CCN(C)CC3)cc2F)C2CCCCC2)c1. The van der Waals surface area contributed by atoms with Crippen molar-refractivity contribution in [2.24, 2.45) is 5.92 Å². The zero-order valence-corrected chi connectivity index (χ0v) is 27.5. The van der Waals surface area contributed by atoms with Crippen molar-refractivity contribution in [2.45, 2.75) is 76.3 Å². The second kappa shape index (κ2) is 16.1. The van der Waals surface area contributed by atoms with Crippen molar-refractivity contribution in [3.05, 3.63) is 70.8 Å². The van der Waals surface area contributed by atoms with Crippen molar-refractivity contribution >= 4 is 35.0 Å². The number of carbonyl (C=O) groups excluding carboxylic acids is 4. The van der Waals surface area contributed by atoms with E-state index in [0.29, 0.717) is 44.6 Å². The summed E-state index contributed by atoms with van der Waals surface area (Å²) in [5.41, 5.74) is -0.543. The molecular formula is C35H43F3N6O4. The maximum atomic E-state index is 15.6. The number of hydrogen-bond acceptors (Lipinski definition) is 5. The number of piperazine rings is 1. The van der Waals surface area contributed by atoms with Gasteiger partial charge in [-0.1, -0.05) is 57.4 Å². The Kier molecular flexibility index (Phi) is 12.2. The summed E-state index contributed by atoms with van der Waals surface area (Å²) in [6.45, 7) is 12.9. The van der Waals surface area contributed by atoms with Gasteiger partial charge in [-0.05, 0) is 49.6 Å². The fourth-order valence-corrected chi connectivity index (χ4v) is 6.22. The first-order valence-corrected chi connectivity index (χ1v) is 16.4. The molecule has 258 valence electrons. The molecule has 2 aromatic rings. The topological polar surface area (TPSA) is 115 Å². The van der Waals surface area contributed by atoms with Crippen LogP contribution in [0.3, 0.4) is 0 Å². The zero-order valence-electron chi connectivity index (χ0n) is 27.5. The van der Waals surface area contributed by atoms with Gasteiger partial charge < -0.3 is 25.8 Å². The van der Waals surface area contributed by atoms with E-state index in [2.05, 4.69) is 25.7 Å². The minimum absolute atomic E-state index is 0.0578. The highest BCUT2D eigenvalue weighted by atomic mass is 19.3. The number of rotatable bonds is 11. The van der Waals surface area contributed by atoms with Gasteiger partial charge in [0.25, 0.3) is 5.91 Å². The predicted molar refractivity (Wildman–Crippen MR) is 175 cm³/mol. The van der Waals surface area contributed by atoms with E-state index in [1.807, 2.05) is 7.05 Å². The molecule has 0 aromatic heterocycles. The quantitative estimate of drug-likeness (QED) is 0.294. The first-order valence-electron chi connectivity index (χ1n) is 16.4. The molecule has 48 heavy (non-hydrogen) atoms. The van der Waals surface area contributed by atoms with Crippen LogP contribution in [0.25, 0.3) is 4.85 Å². The molecule has 4 amide bonds. The molecule has 1 aliphatic heterocycles. The van der Waals surface area contributed by atoms with Gasteiger partial charge in [-0.15, -0.1) is 0 Å². The number of benzene rings is 2. The number of alkyl halides is 2. The van der Waals surface area contributed by atoms with Crippen LogP contribution in [0.15, 0.2) is 42.5 Å². The minimum atomic E-state index is -4.03. The number of amides is 4. The third kappa shape index (κ3) is 8.72. The van der Waals surface area contributed by atoms with Crippen molar-refractivity contribution < 1.29 is 32.3 Å². The Morgan fingerprint density at radius 3 is 2.31 bits per heavy atom. The normalized spacial score (nSPS) is 17.8. The molecular weight excluding hydrogens is 625 g/mol. The van der Waals surface area contributed by atoms with Crippen molar-refractivity contribution in [1.29, 1.82) is 0 Å². The Morgan fingerprint density at radius 2 is 1.69 bits per heavy atom. The second-order valence-electron chi connectivity index (χ2n) is 12.6. The van der Waals surface area contributed by atoms with Gasteiger partial charge in [0.2, 0.25) is 17.7 Å². The lowest BCUT2D eigenvalue weighted by Crippen LogP contribution is -2.55. The molecule has 0 spiro atoms. The molecule has 10 nitrogen and oxygen atoms in total. The van der Waals surface area contributed by atoms with Crippen LogP contribution in [-0.2, 0) is 25.1 Å². The summed E-state index contributed by atoms with van der Waals surface area (Å²) in [5.74, 6) is -9.02. The van der Waals surface area contributed by atoms with Crippen LogP contribution in [0.1, 0.15) is 69.4 Å². The average Bonchev–Trinajstić information content (AvgIpc) is 3.10. The number of halogens is 3.